The van der Waals surface area contributed by atoms with Crippen molar-refractivity contribution in [3.63, 3.8) is 0 Å². The molecule has 5 heteroatoms. The first kappa shape index (κ1) is 22.1. The second-order valence-electron chi connectivity index (χ2n) is 9.26. The Labute approximate surface area is 189 Å². The van der Waals surface area contributed by atoms with Crippen molar-refractivity contribution in [1.29, 1.82) is 0 Å². The fourth-order valence-corrected chi connectivity index (χ4v) is 4.59. The number of hydrogen-bond donors (Lipinski definition) is 2. The molecule has 5 nitrogen and oxygen atoms in total. The van der Waals surface area contributed by atoms with Gasteiger partial charge in [-0.2, -0.15) is 0 Å². The van der Waals surface area contributed by atoms with Gasteiger partial charge in [0.2, 0.25) is 5.91 Å². The van der Waals surface area contributed by atoms with Crippen LogP contribution in [0.25, 0.3) is 10.9 Å². The van der Waals surface area contributed by atoms with Crippen LogP contribution in [0.2, 0.25) is 0 Å². The van der Waals surface area contributed by atoms with Crippen LogP contribution in [0.3, 0.4) is 0 Å². The first-order chi connectivity index (χ1) is 15.4. The molecule has 168 valence electrons. The summed E-state index contributed by atoms with van der Waals surface area (Å²) < 4.78 is 5.97. The Morgan fingerprint density at radius 2 is 1.72 bits per heavy atom. The van der Waals surface area contributed by atoms with Gasteiger partial charge in [0.15, 0.2) is 0 Å². The zero-order valence-corrected chi connectivity index (χ0v) is 18.9. The van der Waals surface area contributed by atoms with Gasteiger partial charge in [0.25, 0.3) is 0 Å². The summed E-state index contributed by atoms with van der Waals surface area (Å²) in [5, 5.41) is 4.09. The third-order valence-electron chi connectivity index (χ3n) is 6.50. The lowest BCUT2D eigenvalue weighted by atomic mass is 9.88. The third kappa shape index (κ3) is 5.04. The summed E-state index contributed by atoms with van der Waals surface area (Å²) in [5.41, 5.74) is 2.12. The standard InChI is InChI=1S/C27H32N2O3/c1-27(2,21-13-7-4-8-14-21)32-26(31)24(29-25(30)19-11-5-3-6-12-19)17-20-18-28-23-16-10-9-15-22(20)23/h4,7-10,13-16,18-19,24,28H,3,5-6,11-12,17H2,1-2H3,(H,29,30). The quantitative estimate of drug-likeness (QED) is 0.501. The molecule has 2 aromatic carbocycles. The van der Waals surface area contributed by atoms with Crippen molar-refractivity contribution in [1.82, 2.24) is 10.3 Å². The molecule has 1 heterocycles. The number of ether oxygens (including phenoxy) is 1. The van der Waals surface area contributed by atoms with E-state index in [1.807, 2.05) is 74.6 Å². The molecule has 1 atom stereocenters. The molecule has 32 heavy (non-hydrogen) atoms. The molecule has 1 saturated carbocycles. The van der Waals surface area contributed by atoms with E-state index < -0.39 is 17.6 Å². The predicted octanol–water partition coefficient (Wildman–Crippen LogP) is 5.25. The van der Waals surface area contributed by atoms with E-state index in [-0.39, 0.29) is 11.8 Å². The molecule has 0 aliphatic heterocycles. The minimum Gasteiger partial charge on any atom is -0.453 e. The lowest BCUT2D eigenvalue weighted by Crippen LogP contribution is -2.47. The lowest BCUT2D eigenvalue weighted by molar-refractivity contribution is -0.161. The Hall–Kier alpha value is -3.08. The molecule has 1 fully saturated rings. The summed E-state index contributed by atoms with van der Waals surface area (Å²) in [6, 6.07) is 16.9. The highest BCUT2D eigenvalue weighted by Gasteiger charge is 2.33. The monoisotopic (exact) mass is 432 g/mol. The minimum atomic E-state index is -0.799. The van der Waals surface area contributed by atoms with Gasteiger partial charge < -0.3 is 15.0 Å². The van der Waals surface area contributed by atoms with Crippen LogP contribution in [0.4, 0.5) is 0 Å². The molecular formula is C27H32N2O3. The van der Waals surface area contributed by atoms with Crippen LogP contribution in [-0.2, 0) is 26.3 Å². The number of carbonyl (C=O) groups is 2. The second-order valence-corrected chi connectivity index (χ2v) is 9.26. The third-order valence-corrected chi connectivity index (χ3v) is 6.50. The lowest BCUT2D eigenvalue weighted by Gasteiger charge is -2.29. The van der Waals surface area contributed by atoms with Gasteiger partial charge in [0.1, 0.15) is 11.6 Å². The number of H-pyrrole nitrogens is 1. The summed E-state index contributed by atoms with van der Waals surface area (Å²) >= 11 is 0. The van der Waals surface area contributed by atoms with E-state index in [9.17, 15) is 9.59 Å². The van der Waals surface area contributed by atoms with E-state index in [2.05, 4.69) is 10.3 Å². The largest absolute Gasteiger partial charge is 0.453 e. The van der Waals surface area contributed by atoms with E-state index >= 15 is 0 Å². The van der Waals surface area contributed by atoms with Gasteiger partial charge in [-0.25, -0.2) is 4.79 Å². The number of para-hydroxylation sites is 1. The van der Waals surface area contributed by atoms with Crippen molar-refractivity contribution >= 4 is 22.8 Å². The van der Waals surface area contributed by atoms with E-state index in [1.54, 1.807) is 0 Å². The van der Waals surface area contributed by atoms with Crippen molar-refractivity contribution in [3.05, 3.63) is 71.9 Å². The Morgan fingerprint density at radius 3 is 2.47 bits per heavy atom. The molecule has 1 aliphatic rings. The maximum atomic E-state index is 13.4. The maximum absolute atomic E-state index is 13.4. The van der Waals surface area contributed by atoms with Crippen LogP contribution in [0.15, 0.2) is 60.8 Å². The van der Waals surface area contributed by atoms with Crippen LogP contribution in [-0.4, -0.2) is 22.9 Å². The number of hydrogen-bond acceptors (Lipinski definition) is 3. The van der Waals surface area contributed by atoms with Crippen molar-refractivity contribution < 1.29 is 14.3 Å². The number of amides is 1. The van der Waals surface area contributed by atoms with Gasteiger partial charge in [0.05, 0.1) is 0 Å². The number of carbonyl (C=O) groups excluding carboxylic acids is 2. The number of benzene rings is 2. The van der Waals surface area contributed by atoms with Crippen LogP contribution >= 0.6 is 0 Å². The molecule has 4 rings (SSSR count). The first-order valence-corrected chi connectivity index (χ1v) is 11.6. The van der Waals surface area contributed by atoms with Gasteiger partial charge in [-0.3, -0.25) is 4.79 Å². The number of esters is 1. The molecule has 0 radical (unpaired) electrons. The van der Waals surface area contributed by atoms with Crippen molar-refractivity contribution in [2.24, 2.45) is 5.92 Å². The Bertz CT molecular complexity index is 1060. The van der Waals surface area contributed by atoms with E-state index in [4.69, 9.17) is 4.74 Å². The summed E-state index contributed by atoms with van der Waals surface area (Å²) in [5.74, 6) is -0.471. The highest BCUT2D eigenvalue weighted by atomic mass is 16.6. The Morgan fingerprint density at radius 1 is 1.03 bits per heavy atom. The molecule has 0 spiro atoms. The van der Waals surface area contributed by atoms with Crippen molar-refractivity contribution in [3.8, 4) is 0 Å². The molecule has 0 saturated heterocycles. The fourth-order valence-electron chi connectivity index (χ4n) is 4.59. The molecule has 0 bridgehead atoms. The molecule has 1 unspecified atom stereocenters. The maximum Gasteiger partial charge on any atom is 0.329 e. The van der Waals surface area contributed by atoms with Gasteiger partial charge in [-0.1, -0.05) is 67.8 Å². The molecule has 1 aromatic heterocycles. The average Bonchev–Trinajstić information content (AvgIpc) is 3.22. The van der Waals surface area contributed by atoms with Crippen LogP contribution in [0, 0.1) is 5.92 Å². The number of fused-ring (bicyclic) bond motifs is 1. The Kier molecular flexibility index (Phi) is 6.63. The molecule has 1 amide bonds. The smallest absolute Gasteiger partial charge is 0.329 e. The summed E-state index contributed by atoms with van der Waals surface area (Å²) in [6.07, 6.45) is 7.38. The highest BCUT2D eigenvalue weighted by Crippen LogP contribution is 2.27. The zero-order chi connectivity index (χ0) is 22.6. The van der Waals surface area contributed by atoms with Gasteiger partial charge >= 0.3 is 5.97 Å². The van der Waals surface area contributed by atoms with E-state index in [1.165, 1.54) is 6.42 Å². The zero-order valence-electron chi connectivity index (χ0n) is 18.9. The van der Waals surface area contributed by atoms with Crippen molar-refractivity contribution in [2.75, 3.05) is 0 Å². The topological polar surface area (TPSA) is 71.2 Å². The predicted molar refractivity (Wildman–Crippen MR) is 126 cm³/mol. The van der Waals surface area contributed by atoms with Gasteiger partial charge in [0, 0.05) is 29.4 Å². The van der Waals surface area contributed by atoms with Crippen LogP contribution in [0.5, 0.6) is 0 Å². The number of nitrogens with one attached hydrogen (secondary N) is 2. The molecule has 1 aliphatic carbocycles. The molecular weight excluding hydrogens is 400 g/mol. The van der Waals surface area contributed by atoms with Gasteiger partial charge in [-0.05, 0) is 43.9 Å². The normalized spacial score (nSPS) is 15.9. The number of aromatic amines is 1. The second kappa shape index (κ2) is 9.60. The average molecular weight is 433 g/mol. The fraction of sp³-hybridized carbons (Fsp3) is 0.407. The number of aromatic nitrogens is 1. The SMILES string of the molecule is CC(C)(OC(=O)C(Cc1c[nH]c2ccccc12)NC(=O)C1CCCCC1)c1ccccc1. The van der Waals surface area contributed by atoms with E-state index in [0.717, 1.165) is 47.7 Å². The van der Waals surface area contributed by atoms with Crippen LogP contribution in [0.1, 0.15) is 57.1 Å². The summed E-state index contributed by atoms with van der Waals surface area (Å²) in [4.78, 5) is 29.6. The van der Waals surface area contributed by atoms with Gasteiger partial charge in [-0.15, -0.1) is 0 Å². The summed E-state index contributed by atoms with van der Waals surface area (Å²) in [6.45, 7) is 3.76. The minimum absolute atomic E-state index is 0.0239. The highest BCUT2D eigenvalue weighted by molar-refractivity contribution is 5.88. The van der Waals surface area contributed by atoms with E-state index in [0.29, 0.717) is 6.42 Å². The Balaban J connectivity index is 1.56. The van der Waals surface area contributed by atoms with Crippen molar-refractivity contribution in [2.45, 2.75) is 64.0 Å². The van der Waals surface area contributed by atoms with Crippen LogP contribution < -0.4 is 5.32 Å². The molecule has 2 N–H and O–H groups in total. The molecule has 3 aromatic rings. The first-order valence-electron chi connectivity index (χ1n) is 11.6. The number of rotatable bonds is 7. The summed E-state index contributed by atoms with van der Waals surface area (Å²) in [7, 11) is 0.